The molecular formula is C15H26O. The highest BCUT2D eigenvalue weighted by Gasteiger charge is 2.77. The van der Waals surface area contributed by atoms with E-state index in [1.54, 1.807) is 0 Å². The van der Waals surface area contributed by atoms with Gasteiger partial charge in [-0.05, 0) is 61.2 Å². The van der Waals surface area contributed by atoms with Crippen LogP contribution in [0.15, 0.2) is 0 Å². The van der Waals surface area contributed by atoms with Gasteiger partial charge in [-0.1, -0.05) is 27.2 Å². The standard InChI is InChI=1S/C15H26O/c1-12(2)6-5-7-13(3)8-9-14(4,16)11-10-15(11,12)13/h11,16H,5-10H2,1-4H3/t11-,13-,14+,15-/m1/s1. The normalized spacial score (nSPS) is 58.7. The first-order valence-corrected chi connectivity index (χ1v) is 6.98. The van der Waals surface area contributed by atoms with E-state index in [4.69, 9.17) is 0 Å². The fraction of sp³-hybridized carbons (Fsp3) is 1.00. The Morgan fingerprint density at radius 1 is 0.938 bits per heavy atom. The minimum absolute atomic E-state index is 0.381. The van der Waals surface area contributed by atoms with Crippen LogP contribution in [0.5, 0.6) is 0 Å². The zero-order chi connectivity index (χ0) is 11.8. The molecule has 0 heterocycles. The first kappa shape index (κ1) is 11.1. The molecule has 0 bridgehead atoms. The second-order valence-electron chi connectivity index (χ2n) is 7.88. The Hall–Kier alpha value is -0.0400. The SMILES string of the molecule is CC1(C)CCC[C@]2(C)CC[C@](C)(O)[C@H]3C[C@@]312. The van der Waals surface area contributed by atoms with Crippen molar-refractivity contribution in [3.63, 3.8) is 0 Å². The summed E-state index contributed by atoms with van der Waals surface area (Å²) in [5.74, 6) is 0.578. The molecule has 1 spiro atoms. The zero-order valence-electron chi connectivity index (χ0n) is 11.3. The van der Waals surface area contributed by atoms with E-state index in [1.807, 2.05) is 0 Å². The quantitative estimate of drug-likeness (QED) is 0.662. The van der Waals surface area contributed by atoms with Crippen molar-refractivity contribution in [3.05, 3.63) is 0 Å². The third-order valence-electron chi connectivity index (χ3n) is 6.71. The third-order valence-corrected chi connectivity index (χ3v) is 6.71. The molecule has 0 radical (unpaired) electrons. The Bertz CT molecular complexity index is 330. The molecule has 1 N–H and O–H groups in total. The van der Waals surface area contributed by atoms with Crippen molar-refractivity contribution in [1.29, 1.82) is 0 Å². The minimum Gasteiger partial charge on any atom is -0.390 e. The fourth-order valence-electron chi connectivity index (χ4n) is 5.66. The average molecular weight is 222 g/mol. The van der Waals surface area contributed by atoms with Gasteiger partial charge in [0.2, 0.25) is 0 Å². The summed E-state index contributed by atoms with van der Waals surface area (Å²) >= 11 is 0. The molecule has 0 aromatic rings. The smallest absolute Gasteiger partial charge is 0.0653 e. The van der Waals surface area contributed by atoms with Crippen LogP contribution in [-0.4, -0.2) is 10.7 Å². The maximum atomic E-state index is 10.6. The molecule has 0 saturated heterocycles. The highest BCUT2D eigenvalue weighted by molar-refractivity contribution is 5.25. The molecule has 3 rings (SSSR count). The van der Waals surface area contributed by atoms with E-state index in [2.05, 4.69) is 27.7 Å². The molecule has 92 valence electrons. The third kappa shape index (κ3) is 1.02. The fourth-order valence-corrected chi connectivity index (χ4v) is 5.66. The van der Waals surface area contributed by atoms with Gasteiger partial charge in [0.1, 0.15) is 0 Å². The molecule has 0 aromatic carbocycles. The predicted molar refractivity (Wildman–Crippen MR) is 66.1 cm³/mol. The molecule has 4 atom stereocenters. The van der Waals surface area contributed by atoms with E-state index < -0.39 is 0 Å². The van der Waals surface area contributed by atoms with Gasteiger partial charge in [-0.25, -0.2) is 0 Å². The van der Waals surface area contributed by atoms with Crippen LogP contribution in [0, 0.1) is 22.2 Å². The lowest BCUT2D eigenvalue weighted by atomic mass is 9.48. The van der Waals surface area contributed by atoms with E-state index in [0.29, 0.717) is 22.2 Å². The first-order chi connectivity index (χ1) is 7.25. The molecule has 3 aliphatic carbocycles. The van der Waals surface area contributed by atoms with Crippen LogP contribution in [0.1, 0.15) is 66.2 Å². The predicted octanol–water partition coefficient (Wildman–Crippen LogP) is 3.75. The number of rotatable bonds is 0. The molecular weight excluding hydrogens is 196 g/mol. The van der Waals surface area contributed by atoms with Gasteiger partial charge >= 0.3 is 0 Å². The topological polar surface area (TPSA) is 20.2 Å². The van der Waals surface area contributed by atoms with Crippen molar-refractivity contribution in [1.82, 2.24) is 0 Å². The van der Waals surface area contributed by atoms with E-state index in [0.717, 1.165) is 6.42 Å². The highest BCUT2D eigenvalue weighted by Crippen LogP contribution is 2.81. The molecule has 0 aliphatic heterocycles. The van der Waals surface area contributed by atoms with Crippen molar-refractivity contribution in [3.8, 4) is 0 Å². The van der Waals surface area contributed by atoms with Crippen molar-refractivity contribution in [2.75, 3.05) is 0 Å². The number of hydrogen-bond acceptors (Lipinski definition) is 1. The van der Waals surface area contributed by atoms with Gasteiger partial charge in [-0.3, -0.25) is 0 Å². The molecule has 1 heteroatoms. The van der Waals surface area contributed by atoms with E-state index >= 15 is 0 Å². The molecule has 1 nitrogen and oxygen atoms in total. The Kier molecular flexibility index (Phi) is 1.86. The Labute approximate surface area is 99.6 Å². The van der Waals surface area contributed by atoms with Gasteiger partial charge in [0.25, 0.3) is 0 Å². The van der Waals surface area contributed by atoms with Crippen LogP contribution in [0.4, 0.5) is 0 Å². The van der Waals surface area contributed by atoms with Gasteiger partial charge < -0.3 is 5.11 Å². The lowest BCUT2D eigenvalue weighted by Crippen LogP contribution is -2.52. The summed E-state index contributed by atoms with van der Waals surface area (Å²) in [6, 6.07) is 0. The lowest BCUT2D eigenvalue weighted by molar-refractivity contribution is -0.122. The lowest BCUT2D eigenvalue weighted by Gasteiger charge is -2.57. The summed E-state index contributed by atoms with van der Waals surface area (Å²) < 4.78 is 0. The van der Waals surface area contributed by atoms with Crippen LogP contribution in [0.3, 0.4) is 0 Å². The minimum atomic E-state index is -0.381. The van der Waals surface area contributed by atoms with Crippen molar-refractivity contribution in [2.45, 2.75) is 71.8 Å². The second kappa shape index (κ2) is 2.68. The van der Waals surface area contributed by atoms with Crippen LogP contribution < -0.4 is 0 Å². The molecule has 0 aromatic heterocycles. The molecule has 16 heavy (non-hydrogen) atoms. The average Bonchev–Trinajstić information content (AvgIpc) is 2.89. The van der Waals surface area contributed by atoms with Gasteiger partial charge in [-0.2, -0.15) is 0 Å². The van der Waals surface area contributed by atoms with Gasteiger partial charge in [0.15, 0.2) is 0 Å². The van der Waals surface area contributed by atoms with Gasteiger partial charge in [0.05, 0.1) is 5.60 Å². The second-order valence-corrected chi connectivity index (χ2v) is 7.88. The summed E-state index contributed by atoms with van der Waals surface area (Å²) in [6.45, 7) is 9.48. The molecule has 3 saturated carbocycles. The first-order valence-electron chi connectivity index (χ1n) is 6.98. The monoisotopic (exact) mass is 222 g/mol. The highest BCUT2D eigenvalue weighted by atomic mass is 16.3. The Balaban J connectivity index is 2.05. The summed E-state index contributed by atoms with van der Waals surface area (Å²) in [5.41, 5.74) is 1.03. The Morgan fingerprint density at radius 3 is 2.31 bits per heavy atom. The molecule has 0 amide bonds. The van der Waals surface area contributed by atoms with Crippen LogP contribution >= 0.6 is 0 Å². The van der Waals surface area contributed by atoms with E-state index in [9.17, 15) is 5.11 Å². The van der Waals surface area contributed by atoms with Crippen molar-refractivity contribution >= 4 is 0 Å². The van der Waals surface area contributed by atoms with Crippen LogP contribution in [0.2, 0.25) is 0 Å². The maximum Gasteiger partial charge on any atom is 0.0653 e. The molecule has 3 aliphatic rings. The van der Waals surface area contributed by atoms with Gasteiger partial charge in [-0.15, -0.1) is 0 Å². The van der Waals surface area contributed by atoms with Crippen LogP contribution in [0.25, 0.3) is 0 Å². The Morgan fingerprint density at radius 2 is 1.62 bits per heavy atom. The largest absolute Gasteiger partial charge is 0.390 e. The molecule has 3 fully saturated rings. The van der Waals surface area contributed by atoms with E-state index in [-0.39, 0.29) is 5.60 Å². The molecule has 0 unspecified atom stereocenters. The van der Waals surface area contributed by atoms with Gasteiger partial charge in [0, 0.05) is 0 Å². The zero-order valence-corrected chi connectivity index (χ0v) is 11.3. The number of hydrogen-bond donors (Lipinski definition) is 1. The summed E-state index contributed by atoms with van der Waals surface area (Å²) in [6.07, 6.45) is 7.67. The summed E-state index contributed by atoms with van der Waals surface area (Å²) in [5, 5.41) is 10.6. The number of aliphatic hydroxyl groups is 1. The van der Waals surface area contributed by atoms with Crippen molar-refractivity contribution < 1.29 is 5.11 Å². The van der Waals surface area contributed by atoms with Crippen LogP contribution in [-0.2, 0) is 0 Å². The van der Waals surface area contributed by atoms with E-state index in [1.165, 1.54) is 32.1 Å². The summed E-state index contributed by atoms with van der Waals surface area (Å²) in [7, 11) is 0. The van der Waals surface area contributed by atoms with Crippen molar-refractivity contribution in [2.24, 2.45) is 22.2 Å². The summed E-state index contributed by atoms with van der Waals surface area (Å²) in [4.78, 5) is 0. The maximum absolute atomic E-state index is 10.6.